The van der Waals surface area contributed by atoms with Gasteiger partial charge < -0.3 is 9.73 Å². The molecule has 8 nitrogen and oxygen atoms in total. The summed E-state index contributed by atoms with van der Waals surface area (Å²) in [5.41, 5.74) is 1.11. The van der Waals surface area contributed by atoms with Gasteiger partial charge in [-0.2, -0.15) is 5.10 Å². The van der Waals surface area contributed by atoms with Gasteiger partial charge in [0.2, 0.25) is 0 Å². The maximum Gasteiger partial charge on any atom is 0.265 e. The first-order valence-electron chi connectivity index (χ1n) is 8.19. The van der Waals surface area contributed by atoms with Crippen molar-refractivity contribution in [1.82, 2.24) is 15.1 Å². The lowest BCUT2D eigenvalue weighted by Gasteiger charge is -2.21. The summed E-state index contributed by atoms with van der Waals surface area (Å²) in [7, 11) is -0.860. The van der Waals surface area contributed by atoms with Crippen molar-refractivity contribution in [3.63, 3.8) is 0 Å². The van der Waals surface area contributed by atoms with Crippen LogP contribution in [0.2, 0.25) is 0 Å². The van der Waals surface area contributed by atoms with E-state index in [1.165, 1.54) is 36.3 Å². The summed E-state index contributed by atoms with van der Waals surface area (Å²) in [4.78, 5) is 12.7. The Morgan fingerprint density at radius 3 is 2.59 bits per heavy atom. The number of nitrogens with zero attached hydrogens (tertiary/aromatic N) is 3. The van der Waals surface area contributed by atoms with Gasteiger partial charge in [-0.15, -0.1) is 0 Å². The first-order valence-corrected chi connectivity index (χ1v) is 9.63. The molecule has 27 heavy (non-hydrogen) atoms. The molecule has 0 aliphatic heterocycles. The number of furan rings is 1. The van der Waals surface area contributed by atoms with Crippen LogP contribution in [0, 0.1) is 6.92 Å². The first kappa shape index (κ1) is 18.7. The van der Waals surface area contributed by atoms with E-state index in [4.69, 9.17) is 4.42 Å². The second-order valence-corrected chi connectivity index (χ2v) is 8.02. The molecule has 0 unspecified atom stereocenters. The van der Waals surface area contributed by atoms with Crippen LogP contribution in [-0.2, 0) is 23.6 Å². The van der Waals surface area contributed by atoms with E-state index >= 15 is 0 Å². The van der Waals surface area contributed by atoms with E-state index in [-0.39, 0.29) is 22.8 Å². The van der Waals surface area contributed by atoms with E-state index in [9.17, 15) is 13.2 Å². The minimum atomic E-state index is -3.84. The first-order chi connectivity index (χ1) is 12.8. The minimum Gasteiger partial charge on any atom is -0.467 e. The molecule has 3 aromatic rings. The Bertz CT molecular complexity index is 1040. The fourth-order valence-corrected chi connectivity index (χ4v) is 3.86. The molecule has 3 rings (SSSR count). The molecular formula is C18H20N4O4S. The molecule has 0 aliphatic rings. The van der Waals surface area contributed by atoms with Crippen LogP contribution in [0.5, 0.6) is 0 Å². The van der Waals surface area contributed by atoms with Gasteiger partial charge in [0.15, 0.2) is 5.82 Å². The summed E-state index contributed by atoms with van der Waals surface area (Å²) in [6.45, 7) is 2.07. The fraction of sp³-hybridized carbons (Fsp3) is 0.222. The van der Waals surface area contributed by atoms with Crippen LogP contribution >= 0.6 is 0 Å². The SMILES string of the molecule is Cc1ccc(S(=O)(=O)N(C)c2c(C(=O)NCc3ccco3)cnn2C)cc1. The van der Waals surface area contributed by atoms with Crippen molar-refractivity contribution in [1.29, 1.82) is 0 Å². The topological polar surface area (TPSA) is 97.4 Å². The third kappa shape index (κ3) is 3.72. The number of aryl methyl sites for hydroxylation is 2. The maximum atomic E-state index is 13.0. The van der Waals surface area contributed by atoms with Crippen molar-refractivity contribution in [3.8, 4) is 0 Å². The average molecular weight is 388 g/mol. The number of hydrogen-bond acceptors (Lipinski definition) is 5. The molecule has 0 saturated carbocycles. The van der Waals surface area contributed by atoms with E-state index < -0.39 is 15.9 Å². The number of hydrogen-bond donors (Lipinski definition) is 1. The molecule has 9 heteroatoms. The number of benzene rings is 1. The smallest absolute Gasteiger partial charge is 0.265 e. The standard InChI is InChI=1S/C18H20N4O4S/c1-13-6-8-15(9-7-13)27(24,25)22(3)18-16(12-20-21(18)2)17(23)19-11-14-5-4-10-26-14/h4-10,12H,11H2,1-3H3,(H,19,23). The molecule has 142 valence electrons. The number of nitrogens with one attached hydrogen (secondary N) is 1. The van der Waals surface area contributed by atoms with Crippen molar-refractivity contribution >= 4 is 21.7 Å². The number of aromatic nitrogens is 2. The van der Waals surface area contributed by atoms with Crippen molar-refractivity contribution in [2.24, 2.45) is 7.05 Å². The van der Waals surface area contributed by atoms with Gasteiger partial charge >= 0.3 is 0 Å². The average Bonchev–Trinajstić information content (AvgIpc) is 3.29. The highest BCUT2D eigenvalue weighted by Crippen LogP contribution is 2.25. The van der Waals surface area contributed by atoms with Gasteiger partial charge in [0.1, 0.15) is 11.3 Å². The van der Waals surface area contributed by atoms with E-state index in [2.05, 4.69) is 10.4 Å². The van der Waals surface area contributed by atoms with E-state index in [0.717, 1.165) is 9.87 Å². The van der Waals surface area contributed by atoms with Crippen LogP contribution in [0.1, 0.15) is 21.7 Å². The molecule has 0 atom stereocenters. The molecule has 0 bridgehead atoms. The van der Waals surface area contributed by atoms with Crippen LogP contribution in [-0.4, -0.2) is 31.2 Å². The Hall–Kier alpha value is -3.07. The molecule has 1 N–H and O–H groups in total. The van der Waals surface area contributed by atoms with Crippen LogP contribution < -0.4 is 9.62 Å². The highest BCUT2D eigenvalue weighted by molar-refractivity contribution is 7.92. The van der Waals surface area contributed by atoms with Crippen molar-refractivity contribution in [3.05, 3.63) is 65.7 Å². The Labute approximate surface area is 157 Å². The van der Waals surface area contributed by atoms with E-state index in [1.807, 2.05) is 6.92 Å². The van der Waals surface area contributed by atoms with Gasteiger partial charge in [-0.05, 0) is 31.2 Å². The Balaban J connectivity index is 1.88. The van der Waals surface area contributed by atoms with Crippen LogP contribution in [0.4, 0.5) is 5.82 Å². The predicted octanol–water partition coefficient (Wildman–Crippen LogP) is 2.08. The largest absolute Gasteiger partial charge is 0.467 e. The molecule has 0 fully saturated rings. The fourth-order valence-electron chi connectivity index (χ4n) is 2.62. The summed E-state index contributed by atoms with van der Waals surface area (Å²) in [5.74, 6) is 0.322. The number of anilines is 1. The lowest BCUT2D eigenvalue weighted by Crippen LogP contribution is -2.31. The number of carbonyl (C=O) groups is 1. The third-order valence-electron chi connectivity index (χ3n) is 4.13. The monoisotopic (exact) mass is 388 g/mol. The minimum absolute atomic E-state index is 0.138. The third-order valence-corrected chi connectivity index (χ3v) is 5.89. The number of amides is 1. The Morgan fingerprint density at radius 1 is 1.26 bits per heavy atom. The summed E-state index contributed by atoms with van der Waals surface area (Å²) < 4.78 is 33.5. The molecule has 1 aromatic carbocycles. The molecule has 0 aliphatic carbocycles. The number of sulfonamides is 1. The second-order valence-electron chi connectivity index (χ2n) is 6.05. The molecule has 1 amide bonds. The van der Waals surface area contributed by atoms with Gasteiger partial charge in [-0.1, -0.05) is 17.7 Å². The molecular weight excluding hydrogens is 368 g/mol. The van der Waals surface area contributed by atoms with Crippen LogP contribution in [0.15, 0.2) is 58.2 Å². The van der Waals surface area contributed by atoms with Gasteiger partial charge in [0, 0.05) is 14.1 Å². The summed E-state index contributed by atoms with van der Waals surface area (Å²) in [5, 5.41) is 6.75. The maximum absolute atomic E-state index is 13.0. The zero-order valence-electron chi connectivity index (χ0n) is 15.2. The lowest BCUT2D eigenvalue weighted by atomic mass is 10.2. The highest BCUT2D eigenvalue weighted by atomic mass is 32.2. The lowest BCUT2D eigenvalue weighted by molar-refractivity contribution is 0.0948. The molecule has 0 saturated heterocycles. The normalized spacial score (nSPS) is 11.4. The molecule has 0 radical (unpaired) electrons. The van der Waals surface area contributed by atoms with Crippen molar-refractivity contribution in [2.45, 2.75) is 18.4 Å². The van der Waals surface area contributed by atoms with Crippen molar-refractivity contribution in [2.75, 3.05) is 11.4 Å². The van der Waals surface area contributed by atoms with Gasteiger partial charge in [0.25, 0.3) is 15.9 Å². The summed E-state index contributed by atoms with van der Waals surface area (Å²) >= 11 is 0. The van der Waals surface area contributed by atoms with E-state index in [1.54, 1.807) is 31.3 Å². The summed E-state index contributed by atoms with van der Waals surface area (Å²) in [6, 6.07) is 9.97. The molecule has 2 aromatic heterocycles. The predicted molar refractivity (Wildman–Crippen MR) is 99.9 cm³/mol. The highest BCUT2D eigenvalue weighted by Gasteiger charge is 2.28. The Kier molecular flexibility index (Phi) is 5.04. The quantitative estimate of drug-likeness (QED) is 0.697. The van der Waals surface area contributed by atoms with Crippen LogP contribution in [0.25, 0.3) is 0 Å². The van der Waals surface area contributed by atoms with Gasteiger partial charge in [-0.3, -0.25) is 13.8 Å². The second kappa shape index (κ2) is 7.28. The number of rotatable bonds is 6. The molecule has 2 heterocycles. The Morgan fingerprint density at radius 2 is 1.96 bits per heavy atom. The zero-order valence-corrected chi connectivity index (χ0v) is 16.0. The number of carbonyl (C=O) groups excluding carboxylic acids is 1. The van der Waals surface area contributed by atoms with Crippen molar-refractivity contribution < 1.29 is 17.6 Å². The van der Waals surface area contributed by atoms with Crippen LogP contribution in [0.3, 0.4) is 0 Å². The van der Waals surface area contributed by atoms with Gasteiger partial charge in [-0.25, -0.2) is 8.42 Å². The zero-order chi connectivity index (χ0) is 19.6. The van der Waals surface area contributed by atoms with E-state index in [0.29, 0.717) is 5.76 Å². The molecule has 0 spiro atoms. The summed E-state index contributed by atoms with van der Waals surface area (Å²) in [6.07, 6.45) is 2.85. The van der Waals surface area contributed by atoms with Gasteiger partial charge in [0.05, 0.1) is 23.9 Å².